The average Bonchev–Trinajstić information content (AvgIpc) is 3.32. The second kappa shape index (κ2) is 9.91. The fourth-order valence-electron chi connectivity index (χ4n) is 3.75. The number of carbonyl (C=O) groups is 1. The van der Waals surface area contributed by atoms with Crippen LogP contribution in [0.25, 0.3) is 16.6 Å². The lowest BCUT2D eigenvalue weighted by molar-refractivity contribution is -0.127. The van der Waals surface area contributed by atoms with Gasteiger partial charge < -0.3 is 14.4 Å². The molecule has 1 fully saturated rings. The first-order chi connectivity index (χ1) is 15.6. The van der Waals surface area contributed by atoms with E-state index in [1.807, 2.05) is 23.1 Å². The van der Waals surface area contributed by atoms with E-state index in [2.05, 4.69) is 10.2 Å². The molecule has 0 spiro atoms. The second-order valence-electron chi connectivity index (χ2n) is 7.50. The smallest absolute Gasteiger partial charge is 0.246 e. The maximum Gasteiger partial charge on any atom is 0.246 e. The number of hydrogen-bond donors (Lipinski definition) is 0. The number of likely N-dealkylation sites (tertiary alicyclic amines) is 1. The van der Waals surface area contributed by atoms with Gasteiger partial charge in [-0.25, -0.2) is 4.39 Å². The quantitative estimate of drug-likeness (QED) is 0.503. The first kappa shape index (κ1) is 22.0. The third-order valence-electron chi connectivity index (χ3n) is 5.45. The van der Waals surface area contributed by atoms with Crippen LogP contribution in [-0.4, -0.2) is 48.3 Å². The van der Waals surface area contributed by atoms with Gasteiger partial charge in [0.1, 0.15) is 10.8 Å². The van der Waals surface area contributed by atoms with Crippen molar-refractivity contribution >= 4 is 23.3 Å². The summed E-state index contributed by atoms with van der Waals surface area (Å²) in [6, 6.07) is 12.1. The van der Waals surface area contributed by atoms with Crippen molar-refractivity contribution < 1.29 is 18.7 Å². The summed E-state index contributed by atoms with van der Waals surface area (Å²) >= 11 is 1.39. The predicted octanol–water partition coefficient (Wildman–Crippen LogP) is 4.78. The Labute approximate surface area is 190 Å². The minimum atomic E-state index is -0.309. The maximum absolute atomic E-state index is 14.1. The molecule has 2 aromatic carbocycles. The van der Waals surface area contributed by atoms with E-state index in [0.717, 1.165) is 23.4 Å². The lowest BCUT2D eigenvalue weighted by Crippen LogP contribution is -2.38. The molecule has 3 aromatic rings. The highest BCUT2D eigenvalue weighted by molar-refractivity contribution is 7.14. The number of piperidine rings is 1. The van der Waals surface area contributed by atoms with Gasteiger partial charge in [-0.15, -0.1) is 10.2 Å². The Morgan fingerprint density at radius 2 is 1.97 bits per heavy atom. The molecular weight excluding hydrogens is 429 g/mol. The highest BCUT2D eigenvalue weighted by Crippen LogP contribution is 2.33. The van der Waals surface area contributed by atoms with Crippen molar-refractivity contribution in [3.05, 3.63) is 64.9 Å². The van der Waals surface area contributed by atoms with E-state index in [1.165, 1.54) is 17.4 Å². The van der Waals surface area contributed by atoms with Crippen LogP contribution >= 0.6 is 11.3 Å². The summed E-state index contributed by atoms with van der Waals surface area (Å²) in [6.45, 7) is 1.27. The number of ether oxygens (including phenoxy) is 2. The van der Waals surface area contributed by atoms with Gasteiger partial charge in [0.25, 0.3) is 0 Å². The van der Waals surface area contributed by atoms with E-state index in [9.17, 15) is 9.18 Å². The Morgan fingerprint density at radius 3 is 2.75 bits per heavy atom. The minimum absolute atomic E-state index is 0.0525. The van der Waals surface area contributed by atoms with Crippen molar-refractivity contribution in [1.82, 2.24) is 15.1 Å². The molecule has 0 saturated carbocycles. The lowest BCUT2D eigenvalue weighted by atomic mass is 9.98. The molecule has 0 bridgehead atoms. The maximum atomic E-state index is 14.1. The molecule has 1 aliphatic heterocycles. The second-order valence-corrected chi connectivity index (χ2v) is 8.51. The van der Waals surface area contributed by atoms with Crippen LogP contribution < -0.4 is 9.47 Å². The van der Waals surface area contributed by atoms with Gasteiger partial charge in [-0.05, 0) is 48.7 Å². The zero-order valence-corrected chi connectivity index (χ0v) is 18.8. The highest BCUT2D eigenvalue weighted by Gasteiger charge is 2.27. The number of aromatic nitrogens is 2. The van der Waals surface area contributed by atoms with Crippen LogP contribution in [0.2, 0.25) is 0 Å². The largest absolute Gasteiger partial charge is 0.493 e. The normalized spacial score (nSPS) is 16.3. The molecule has 0 N–H and O–H groups in total. The average molecular weight is 454 g/mol. The first-order valence-electron chi connectivity index (χ1n) is 10.4. The van der Waals surface area contributed by atoms with Crippen LogP contribution in [0.4, 0.5) is 4.39 Å². The van der Waals surface area contributed by atoms with Gasteiger partial charge in [0.2, 0.25) is 5.91 Å². The summed E-state index contributed by atoms with van der Waals surface area (Å²) in [7, 11) is 3.16. The molecule has 1 aromatic heterocycles. The van der Waals surface area contributed by atoms with Crippen molar-refractivity contribution in [2.45, 2.75) is 18.8 Å². The summed E-state index contributed by atoms with van der Waals surface area (Å²) in [6.07, 6.45) is 5.16. The van der Waals surface area contributed by atoms with Gasteiger partial charge in [-0.2, -0.15) is 0 Å². The Morgan fingerprint density at radius 1 is 1.16 bits per heavy atom. The number of carbonyl (C=O) groups excluding carboxylic acids is 1. The molecule has 1 amide bonds. The molecule has 1 unspecified atom stereocenters. The number of methoxy groups -OCH3 is 2. The minimum Gasteiger partial charge on any atom is -0.493 e. The van der Waals surface area contributed by atoms with E-state index in [1.54, 1.807) is 44.6 Å². The van der Waals surface area contributed by atoms with E-state index < -0.39 is 0 Å². The number of benzene rings is 2. The number of halogens is 1. The van der Waals surface area contributed by atoms with Crippen LogP contribution in [0.15, 0.2) is 48.5 Å². The number of amides is 1. The third kappa shape index (κ3) is 4.80. The van der Waals surface area contributed by atoms with E-state index in [0.29, 0.717) is 35.2 Å². The Hall–Kier alpha value is -3.26. The van der Waals surface area contributed by atoms with Crippen LogP contribution in [0.3, 0.4) is 0 Å². The fraction of sp³-hybridized carbons (Fsp3) is 0.292. The zero-order valence-electron chi connectivity index (χ0n) is 18.0. The standard InChI is InChI=1S/C24H24FN3O3S/c1-30-20-11-9-16(14-21(20)31-2)10-12-22(29)28-13-5-6-17(15-28)23-26-27-24(32-23)18-7-3-4-8-19(18)25/h3-4,7-12,14,17H,5-6,13,15H2,1-2H3/b12-10+. The van der Waals surface area contributed by atoms with Crippen molar-refractivity contribution in [2.24, 2.45) is 0 Å². The third-order valence-corrected chi connectivity index (χ3v) is 6.57. The molecule has 1 saturated heterocycles. The van der Waals surface area contributed by atoms with Crippen LogP contribution in [0, 0.1) is 5.82 Å². The van der Waals surface area contributed by atoms with Gasteiger partial charge in [0.05, 0.1) is 14.2 Å². The Kier molecular flexibility index (Phi) is 6.80. The molecule has 0 aliphatic carbocycles. The van der Waals surface area contributed by atoms with Gasteiger partial charge in [0, 0.05) is 30.6 Å². The number of hydrogen-bond acceptors (Lipinski definition) is 6. The highest BCUT2D eigenvalue weighted by atomic mass is 32.1. The monoisotopic (exact) mass is 453 g/mol. The van der Waals surface area contributed by atoms with Gasteiger partial charge in [0.15, 0.2) is 16.5 Å². The summed E-state index contributed by atoms with van der Waals surface area (Å²) < 4.78 is 24.6. The molecule has 32 heavy (non-hydrogen) atoms. The molecule has 1 aliphatic rings. The Bertz CT molecular complexity index is 1130. The van der Waals surface area contributed by atoms with Gasteiger partial charge in [-0.1, -0.05) is 29.5 Å². The molecule has 8 heteroatoms. The number of nitrogens with zero attached hydrogens (tertiary/aromatic N) is 3. The van der Waals surface area contributed by atoms with E-state index in [-0.39, 0.29) is 17.6 Å². The predicted molar refractivity (Wildman–Crippen MR) is 122 cm³/mol. The Balaban J connectivity index is 1.43. The topological polar surface area (TPSA) is 64.5 Å². The molecule has 0 radical (unpaired) electrons. The summed E-state index contributed by atoms with van der Waals surface area (Å²) in [5, 5.41) is 9.89. The van der Waals surface area contributed by atoms with Gasteiger partial charge in [-0.3, -0.25) is 4.79 Å². The first-order valence-corrected chi connectivity index (χ1v) is 11.2. The molecule has 166 valence electrons. The molecule has 1 atom stereocenters. The van der Waals surface area contributed by atoms with Crippen molar-refractivity contribution in [3.63, 3.8) is 0 Å². The molecule has 2 heterocycles. The van der Waals surface area contributed by atoms with Crippen molar-refractivity contribution in [2.75, 3.05) is 27.3 Å². The molecule has 4 rings (SSSR count). The van der Waals surface area contributed by atoms with E-state index >= 15 is 0 Å². The van der Waals surface area contributed by atoms with Crippen molar-refractivity contribution in [1.29, 1.82) is 0 Å². The lowest BCUT2D eigenvalue weighted by Gasteiger charge is -2.30. The summed E-state index contributed by atoms with van der Waals surface area (Å²) in [4.78, 5) is 14.6. The van der Waals surface area contributed by atoms with Crippen LogP contribution in [0.5, 0.6) is 11.5 Å². The number of rotatable bonds is 6. The summed E-state index contributed by atoms with van der Waals surface area (Å²) in [5.41, 5.74) is 1.31. The van der Waals surface area contributed by atoms with Crippen LogP contribution in [0.1, 0.15) is 29.3 Å². The SMILES string of the molecule is COc1ccc(/C=C/C(=O)N2CCCC(c3nnc(-c4ccccc4F)s3)C2)cc1OC. The zero-order chi connectivity index (χ0) is 22.5. The van der Waals surface area contributed by atoms with Crippen molar-refractivity contribution in [3.8, 4) is 22.1 Å². The molecule has 6 nitrogen and oxygen atoms in total. The summed E-state index contributed by atoms with van der Waals surface area (Å²) in [5.74, 6) is 0.989. The van der Waals surface area contributed by atoms with Crippen LogP contribution in [-0.2, 0) is 4.79 Å². The molecular formula is C24H24FN3O3S. The van der Waals surface area contributed by atoms with E-state index in [4.69, 9.17) is 9.47 Å². The fourth-order valence-corrected chi connectivity index (χ4v) is 4.75. The van der Waals surface area contributed by atoms with Gasteiger partial charge >= 0.3 is 0 Å².